The van der Waals surface area contributed by atoms with Crippen LogP contribution < -0.4 is 26.8 Å². The Balaban J connectivity index is 1.71. The highest BCUT2D eigenvalue weighted by atomic mass is 16.3. The largest absolute Gasteiger partial charge is 0.504 e. The SMILES string of the molecule is CNC(=O)c1nccc(Nc2c(N[C@@H](c3ncccc3C)C3(C)CCCC3)c(=O)c2=O)c1O. The summed E-state index contributed by atoms with van der Waals surface area (Å²) in [5.74, 6) is -0.977. The number of carbonyl (C=O) groups excluding carboxylic acids is 1. The van der Waals surface area contributed by atoms with Crippen LogP contribution in [0.1, 0.15) is 60.4 Å². The molecule has 4 rings (SSSR count). The molecular formula is C24H27N5O4. The fraction of sp³-hybridized carbons (Fsp3) is 0.375. The first-order valence-electron chi connectivity index (χ1n) is 11.0. The Morgan fingerprint density at radius 1 is 1.09 bits per heavy atom. The number of rotatable bonds is 7. The Hall–Kier alpha value is -3.75. The molecule has 0 spiro atoms. The van der Waals surface area contributed by atoms with Crippen LogP contribution >= 0.6 is 0 Å². The number of anilines is 3. The van der Waals surface area contributed by atoms with Gasteiger partial charge >= 0.3 is 0 Å². The van der Waals surface area contributed by atoms with Gasteiger partial charge in [-0.3, -0.25) is 19.4 Å². The number of amides is 1. The maximum atomic E-state index is 12.6. The summed E-state index contributed by atoms with van der Waals surface area (Å²) in [7, 11) is 1.42. The molecule has 1 saturated carbocycles. The molecule has 1 fully saturated rings. The molecule has 1 atom stereocenters. The summed E-state index contributed by atoms with van der Waals surface area (Å²) in [6, 6.07) is 5.01. The summed E-state index contributed by atoms with van der Waals surface area (Å²) in [5, 5.41) is 19.0. The first kappa shape index (κ1) is 22.4. The van der Waals surface area contributed by atoms with E-state index in [1.807, 2.05) is 19.1 Å². The van der Waals surface area contributed by atoms with E-state index in [1.165, 1.54) is 19.3 Å². The topological polar surface area (TPSA) is 133 Å². The monoisotopic (exact) mass is 449 g/mol. The molecule has 0 bridgehead atoms. The average molecular weight is 450 g/mol. The van der Waals surface area contributed by atoms with Gasteiger partial charge in [-0.05, 0) is 42.9 Å². The average Bonchev–Trinajstić information content (AvgIpc) is 3.26. The van der Waals surface area contributed by atoms with E-state index in [0.29, 0.717) is 0 Å². The number of pyridine rings is 2. The van der Waals surface area contributed by atoms with Crippen LogP contribution in [0.5, 0.6) is 5.75 Å². The quantitative estimate of drug-likeness (QED) is 0.405. The Morgan fingerprint density at radius 3 is 2.45 bits per heavy atom. The molecule has 0 radical (unpaired) electrons. The third-order valence-corrected chi connectivity index (χ3v) is 6.59. The van der Waals surface area contributed by atoms with Crippen molar-refractivity contribution < 1.29 is 9.90 Å². The van der Waals surface area contributed by atoms with Crippen LogP contribution in [0.2, 0.25) is 0 Å². The third-order valence-electron chi connectivity index (χ3n) is 6.59. The number of aryl methyl sites for hydroxylation is 1. The van der Waals surface area contributed by atoms with Crippen molar-refractivity contribution in [2.24, 2.45) is 5.41 Å². The molecule has 0 saturated heterocycles. The van der Waals surface area contributed by atoms with Crippen molar-refractivity contribution in [3.8, 4) is 5.75 Å². The Labute approximate surface area is 191 Å². The second-order valence-corrected chi connectivity index (χ2v) is 8.81. The summed E-state index contributed by atoms with van der Waals surface area (Å²) in [6.45, 7) is 4.15. The van der Waals surface area contributed by atoms with Gasteiger partial charge in [0.15, 0.2) is 11.4 Å². The minimum Gasteiger partial charge on any atom is -0.504 e. The van der Waals surface area contributed by atoms with Crippen molar-refractivity contribution in [2.75, 3.05) is 17.7 Å². The Kier molecular flexibility index (Phi) is 5.88. The van der Waals surface area contributed by atoms with Gasteiger partial charge in [0.1, 0.15) is 11.4 Å². The molecule has 2 heterocycles. The predicted octanol–water partition coefficient (Wildman–Crippen LogP) is 2.92. The number of hydrogen-bond acceptors (Lipinski definition) is 8. The van der Waals surface area contributed by atoms with Crippen molar-refractivity contribution in [3.63, 3.8) is 0 Å². The molecule has 1 aromatic carbocycles. The van der Waals surface area contributed by atoms with Gasteiger partial charge in [0.25, 0.3) is 16.8 Å². The van der Waals surface area contributed by atoms with Crippen LogP contribution in [0, 0.1) is 12.3 Å². The minimum atomic E-state index is -0.691. The molecule has 33 heavy (non-hydrogen) atoms. The molecule has 9 heteroatoms. The van der Waals surface area contributed by atoms with Crippen LogP contribution in [0.4, 0.5) is 17.1 Å². The zero-order chi connectivity index (χ0) is 23.8. The van der Waals surface area contributed by atoms with Crippen molar-refractivity contribution in [2.45, 2.75) is 45.6 Å². The van der Waals surface area contributed by atoms with Crippen LogP contribution in [-0.2, 0) is 0 Å². The summed E-state index contributed by atoms with van der Waals surface area (Å²) >= 11 is 0. The minimum absolute atomic E-state index is 0.0459. The highest BCUT2D eigenvalue weighted by Crippen LogP contribution is 2.49. The molecule has 0 aliphatic heterocycles. The highest BCUT2D eigenvalue weighted by molar-refractivity contribution is 5.97. The lowest BCUT2D eigenvalue weighted by molar-refractivity contribution is 0.0955. The van der Waals surface area contributed by atoms with Crippen LogP contribution in [0.25, 0.3) is 0 Å². The van der Waals surface area contributed by atoms with Crippen LogP contribution in [0.15, 0.2) is 40.2 Å². The van der Waals surface area contributed by atoms with Crippen molar-refractivity contribution in [1.29, 1.82) is 0 Å². The second kappa shape index (κ2) is 8.65. The second-order valence-electron chi connectivity index (χ2n) is 8.81. The zero-order valence-electron chi connectivity index (χ0n) is 18.9. The maximum absolute atomic E-state index is 12.6. The van der Waals surface area contributed by atoms with Crippen LogP contribution in [-0.4, -0.2) is 28.0 Å². The van der Waals surface area contributed by atoms with E-state index in [1.54, 1.807) is 6.20 Å². The molecule has 4 N–H and O–H groups in total. The molecular weight excluding hydrogens is 422 g/mol. The maximum Gasteiger partial charge on any atom is 0.273 e. The molecule has 9 nitrogen and oxygen atoms in total. The number of aromatic nitrogens is 2. The standard InChI is InChI=1S/C24H27N5O4/c1-13-7-6-11-26-15(13)22(24(2)9-4-5-10-24)29-17-16(20(31)21(17)32)28-14-8-12-27-18(19(14)30)23(33)25-3/h6-8,11-12,22,29-30H,4-5,9-10H2,1-3H3,(H,25,33)(H,27,28)/t22-/m0/s1. The summed E-state index contributed by atoms with van der Waals surface area (Å²) < 4.78 is 0. The van der Waals surface area contributed by atoms with E-state index < -0.39 is 22.5 Å². The highest BCUT2D eigenvalue weighted by Gasteiger charge is 2.41. The lowest BCUT2D eigenvalue weighted by Gasteiger charge is -2.36. The molecule has 2 aromatic heterocycles. The number of hydrogen-bond donors (Lipinski definition) is 4. The lowest BCUT2D eigenvalue weighted by atomic mass is 9.77. The van der Waals surface area contributed by atoms with Crippen molar-refractivity contribution in [3.05, 3.63) is 68.0 Å². The van der Waals surface area contributed by atoms with Crippen molar-refractivity contribution >= 4 is 23.0 Å². The third kappa shape index (κ3) is 3.94. The lowest BCUT2D eigenvalue weighted by Crippen LogP contribution is -2.40. The summed E-state index contributed by atoms with van der Waals surface area (Å²) in [6.07, 6.45) is 7.19. The van der Waals surface area contributed by atoms with Gasteiger partial charge in [-0.25, -0.2) is 4.98 Å². The van der Waals surface area contributed by atoms with Gasteiger partial charge in [0.2, 0.25) is 0 Å². The number of nitrogens with one attached hydrogen (secondary N) is 3. The number of nitrogens with zero attached hydrogens (tertiary/aromatic N) is 2. The van der Waals surface area contributed by atoms with Gasteiger partial charge in [-0.2, -0.15) is 0 Å². The Bertz CT molecular complexity index is 1270. The number of carbonyl (C=O) groups is 1. The van der Waals surface area contributed by atoms with Crippen molar-refractivity contribution in [1.82, 2.24) is 15.3 Å². The fourth-order valence-corrected chi connectivity index (χ4v) is 4.61. The van der Waals surface area contributed by atoms with E-state index >= 15 is 0 Å². The molecule has 0 unspecified atom stereocenters. The smallest absolute Gasteiger partial charge is 0.273 e. The van der Waals surface area contributed by atoms with E-state index in [-0.39, 0.29) is 34.2 Å². The van der Waals surface area contributed by atoms with Gasteiger partial charge in [-0.1, -0.05) is 25.8 Å². The molecule has 3 aromatic rings. The van der Waals surface area contributed by atoms with E-state index in [2.05, 4.69) is 32.8 Å². The Morgan fingerprint density at radius 2 is 1.79 bits per heavy atom. The first-order chi connectivity index (χ1) is 15.8. The molecule has 1 aliphatic rings. The number of aromatic hydroxyl groups is 1. The predicted molar refractivity (Wildman–Crippen MR) is 126 cm³/mol. The van der Waals surface area contributed by atoms with E-state index in [9.17, 15) is 19.5 Å². The zero-order valence-corrected chi connectivity index (χ0v) is 18.9. The van der Waals surface area contributed by atoms with Gasteiger partial charge in [0.05, 0.1) is 17.4 Å². The molecule has 172 valence electrons. The molecule has 1 aliphatic carbocycles. The van der Waals surface area contributed by atoms with Gasteiger partial charge in [-0.15, -0.1) is 0 Å². The fourth-order valence-electron chi connectivity index (χ4n) is 4.61. The first-order valence-corrected chi connectivity index (χ1v) is 11.0. The van der Waals surface area contributed by atoms with E-state index in [0.717, 1.165) is 36.9 Å². The van der Waals surface area contributed by atoms with Gasteiger partial charge < -0.3 is 21.1 Å². The van der Waals surface area contributed by atoms with Crippen LogP contribution in [0.3, 0.4) is 0 Å². The summed E-state index contributed by atoms with van der Waals surface area (Å²) in [4.78, 5) is 45.4. The molecule has 1 amide bonds. The van der Waals surface area contributed by atoms with Gasteiger partial charge in [0, 0.05) is 19.4 Å². The normalized spacial score (nSPS) is 15.8. The van der Waals surface area contributed by atoms with E-state index in [4.69, 9.17) is 0 Å². The summed E-state index contributed by atoms with van der Waals surface area (Å²) in [5.41, 5.74) is 0.508.